The number of allylic oxidation sites excluding steroid dienone is 3. The molecule has 0 fully saturated rings. The van der Waals surface area contributed by atoms with Crippen LogP contribution in [0.25, 0.3) is 0 Å². The lowest BCUT2D eigenvalue weighted by molar-refractivity contribution is 0.884. The van der Waals surface area contributed by atoms with E-state index in [2.05, 4.69) is 141 Å². The maximum absolute atomic E-state index is 2.66. The third-order valence-electron chi connectivity index (χ3n) is 7.56. The zero-order valence-corrected chi connectivity index (χ0v) is 24.0. The second-order valence-corrected chi connectivity index (χ2v) is 15.6. The molecule has 2 radical (unpaired) electrons. The van der Waals surface area contributed by atoms with Crippen LogP contribution in [-0.2, 0) is 0 Å². The van der Waals surface area contributed by atoms with Crippen LogP contribution in [-0.4, -0.2) is 17.6 Å². The standard InChI is InChI=1S/C35H36Si2/c1-3-17-30-27-34(36-35(28-19-9-5-10-20-28)29-21-11-6-12-22-29)37(33(30)18-4-2,31-23-13-7-14-24-31)32-25-15-8-16-26-32/h5-16,19-27,35H,3-4,17-18H2,1-2H3. The van der Waals surface area contributed by atoms with Crippen molar-refractivity contribution in [2.75, 3.05) is 0 Å². The highest BCUT2D eigenvalue weighted by molar-refractivity contribution is 7.18. The van der Waals surface area contributed by atoms with Gasteiger partial charge in [-0.2, -0.15) is 0 Å². The van der Waals surface area contributed by atoms with Gasteiger partial charge in [0, 0.05) is 5.54 Å². The van der Waals surface area contributed by atoms with Crippen LogP contribution in [0.1, 0.15) is 56.2 Å². The van der Waals surface area contributed by atoms with E-state index in [1.165, 1.54) is 47.2 Å². The molecule has 4 aromatic rings. The van der Waals surface area contributed by atoms with Gasteiger partial charge in [-0.05, 0) is 34.3 Å². The van der Waals surface area contributed by atoms with Gasteiger partial charge in [0.15, 0.2) is 8.07 Å². The van der Waals surface area contributed by atoms with Gasteiger partial charge < -0.3 is 0 Å². The summed E-state index contributed by atoms with van der Waals surface area (Å²) in [6, 6.07) is 45.4. The van der Waals surface area contributed by atoms with Gasteiger partial charge in [-0.15, -0.1) is 0 Å². The van der Waals surface area contributed by atoms with E-state index in [0.717, 1.165) is 0 Å². The molecule has 0 unspecified atom stereocenters. The van der Waals surface area contributed by atoms with Crippen molar-refractivity contribution in [3.8, 4) is 0 Å². The predicted octanol–water partition coefficient (Wildman–Crippen LogP) is 7.62. The molecule has 5 rings (SSSR count). The molecule has 0 atom stereocenters. The van der Waals surface area contributed by atoms with Gasteiger partial charge in [-0.25, -0.2) is 0 Å². The molecule has 1 heterocycles. The first-order valence-corrected chi connectivity index (χ1v) is 16.8. The zero-order valence-electron chi connectivity index (χ0n) is 22.0. The summed E-state index contributed by atoms with van der Waals surface area (Å²) >= 11 is 0. The minimum atomic E-state index is -2.34. The highest BCUT2D eigenvalue weighted by Gasteiger charge is 2.48. The van der Waals surface area contributed by atoms with E-state index in [1.807, 2.05) is 0 Å². The van der Waals surface area contributed by atoms with Crippen LogP contribution in [0.3, 0.4) is 0 Å². The molecule has 0 bridgehead atoms. The molecule has 1 aliphatic rings. The summed E-state index contributed by atoms with van der Waals surface area (Å²) in [5.74, 6) is 0. The molecule has 4 aromatic carbocycles. The summed E-state index contributed by atoms with van der Waals surface area (Å²) in [6.07, 6.45) is 7.38. The molecular formula is C35H36Si2. The maximum atomic E-state index is 2.66. The summed E-state index contributed by atoms with van der Waals surface area (Å²) in [7, 11) is -1.64. The SMILES string of the molecule is CCCC1=C(CCC)[Si](c2ccccc2)(c2ccccc2)C([Si]C(c2ccccc2)c2ccccc2)=C1. The number of rotatable bonds is 10. The Morgan fingerprint density at radius 2 is 1.00 bits per heavy atom. The smallest absolute Gasteiger partial charge is 0.0807 e. The van der Waals surface area contributed by atoms with Crippen LogP contribution in [0.2, 0.25) is 0 Å². The summed E-state index contributed by atoms with van der Waals surface area (Å²) in [6.45, 7) is 4.68. The lowest BCUT2D eigenvalue weighted by Crippen LogP contribution is -2.62. The van der Waals surface area contributed by atoms with Crippen LogP contribution in [0.5, 0.6) is 0 Å². The first-order chi connectivity index (χ1) is 18.3. The molecule has 1 aliphatic heterocycles. The molecule has 37 heavy (non-hydrogen) atoms. The monoisotopic (exact) mass is 512 g/mol. The predicted molar refractivity (Wildman–Crippen MR) is 163 cm³/mol. The zero-order chi connectivity index (χ0) is 25.5. The van der Waals surface area contributed by atoms with Crippen LogP contribution in [0.15, 0.2) is 143 Å². The largest absolute Gasteiger partial charge is 0.167 e. The lowest BCUT2D eigenvalue weighted by Gasteiger charge is -2.37. The molecule has 2 heteroatoms. The van der Waals surface area contributed by atoms with Crippen LogP contribution >= 0.6 is 0 Å². The highest BCUT2D eigenvalue weighted by Crippen LogP contribution is 2.40. The summed E-state index contributed by atoms with van der Waals surface area (Å²) < 4.78 is 0. The van der Waals surface area contributed by atoms with Gasteiger partial charge in [-0.1, -0.05) is 170 Å². The molecule has 0 aliphatic carbocycles. The van der Waals surface area contributed by atoms with Gasteiger partial charge >= 0.3 is 0 Å². The Morgan fingerprint density at radius 3 is 1.43 bits per heavy atom. The van der Waals surface area contributed by atoms with Crippen molar-refractivity contribution >= 4 is 28.0 Å². The molecule has 0 aromatic heterocycles. The second kappa shape index (κ2) is 11.9. The number of hydrogen-bond donors (Lipinski definition) is 0. The van der Waals surface area contributed by atoms with Crippen molar-refractivity contribution < 1.29 is 0 Å². The average molecular weight is 513 g/mol. The highest BCUT2D eigenvalue weighted by atomic mass is 28.4. The molecule has 0 nitrogen and oxygen atoms in total. The third-order valence-corrected chi connectivity index (χ3v) is 15.4. The lowest BCUT2D eigenvalue weighted by atomic mass is 10.0. The van der Waals surface area contributed by atoms with Gasteiger partial charge in [-0.3, -0.25) is 0 Å². The maximum Gasteiger partial charge on any atom is 0.167 e. The molecular weight excluding hydrogens is 477 g/mol. The molecule has 0 saturated heterocycles. The summed E-state index contributed by atoms with van der Waals surface area (Å²) in [5.41, 5.74) is 4.80. The van der Waals surface area contributed by atoms with Gasteiger partial charge in [0.05, 0.1) is 9.52 Å². The fraction of sp³-hybridized carbons (Fsp3) is 0.200. The molecule has 0 N–H and O–H groups in total. The topological polar surface area (TPSA) is 0 Å². The molecule has 0 saturated carbocycles. The van der Waals surface area contributed by atoms with Crippen molar-refractivity contribution in [1.29, 1.82) is 0 Å². The number of benzene rings is 4. The van der Waals surface area contributed by atoms with Crippen LogP contribution in [0, 0.1) is 0 Å². The Morgan fingerprint density at radius 1 is 0.568 bits per heavy atom. The Hall–Kier alpha value is -3.21. The molecule has 0 amide bonds. The van der Waals surface area contributed by atoms with Crippen molar-refractivity contribution in [3.05, 3.63) is 154 Å². The number of hydrogen-bond acceptors (Lipinski definition) is 0. The van der Waals surface area contributed by atoms with E-state index in [1.54, 1.807) is 15.6 Å². The fourth-order valence-corrected chi connectivity index (χ4v) is 15.0. The first kappa shape index (κ1) is 25.4. The van der Waals surface area contributed by atoms with Crippen molar-refractivity contribution in [2.45, 2.75) is 45.1 Å². The van der Waals surface area contributed by atoms with Gasteiger partial charge in [0.2, 0.25) is 0 Å². The Labute approximate surface area is 226 Å². The summed E-state index contributed by atoms with van der Waals surface area (Å²) in [5, 5.41) is 4.82. The van der Waals surface area contributed by atoms with E-state index >= 15 is 0 Å². The normalized spacial score (nSPS) is 14.7. The van der Waals surface area contributed by atoms with E-state index in [9.17, 15) is 0 Å². The van der Waals surface area contributed by atoms with E-state index in [-0.39, 0.29) is 0 Å². The average Bonchev–Trinajstić information content (AvgIpc) is 3.27. The Bertz CT molecular complexity index is 1260. The quantitative estimate of drug-likeness (QED) is 0.192. The summed E-state index contributed by atoms with van der Waals surface area (Å²) in [4.78, 5) is 1.69. The minimum Gasteiger partial charge on any atom is -0.0807 e. The third kappa shape index (κ3) is 5.01. The van der Waals surface area contributed by atoms with E-state index < -0.39 is 8.07 Å². The first-order valence-electron chi connectivity index (χ1n) is 13.7. The van der Waals surface area contributed by atoms with Gasteiger partial charge in [0.1, 0.15) is 0 Å². The van der Waals surface area contributed by atoms with Crippen molar-refractivity contribution in [1.82, 2.24) is 0 Å². The van der Waals surface area contributed by atoms with Crippen LogP contribution < -0.4 is 10.4 Å². The second-order valence-electron chi connectivity index (χ2n) is 9.94. The van der Waals surface area contributed by atoms with Crippen molar-refractivity contribution in [3.63, 3.8) is 0 Å². The van der Waals surface area contributed by atoms with Crippen molar-refractivity contribution in [2.24, 2.45) is 0 Å². The Balaban J connectivity index is 1.75. The molecule has 0 spiro atoms. The minimum absolute atomic E-state index is 0.358. The van der Waals surface area contributed by atoms with E-state index in [4.69, 9.17) is 0 Å². The molecule has 184 valence electrons. The Kier molecular flexibility index (Phi) is 8.18. The van der Waals surface area contributed by atoms with E-state index in [0.29, 0.717) is 15.1 Å². The van der Waals surface area contributed by atoms with Gasteiger partial charge in [0.25, 0.3) is 0 Å². The van der Waals surface area contributed by atoms with Crippen LogP contribution in [0.4, 0.5) is 0 Å². The fourth-order valence-electron chi connectivity index (χ4n) is 6.02.